The lowest BCUT2D eigenvalue weighted by Crippen LogP contribution is -2.11. The Bertz CT molecular complexity index is 745. The van der Waals surface area contributed by atoms with Gasteiger partial charge in [0, 0.05) is 23.3 Å². The first-order chi connectivity index (χ1) is 10.2. The summed E-state index contributed by atoms with van der Waals surface area (Å²) in [5.41, 5.74) is -2.74. The minimum absolute atomic E-state index is 0.0815. The van der Waals surface area contributed by atoms with E-state index in [2.05, 4.69) is 0 Å². The summed E-state index contributed by atoms with van der Waals surface area (Å²) in [5.74, 6) is -0.820. The zero-order chi connectivity index (χ0) is 16.5. The maximum Gasteiger partial charge on any atom is 0.418 e. The van der Waals surface area contributed by atoms with Crippen molar-refractivity contribution in [2.24, 2.45) is 0 Å². The lowest BCUT2D eigenvalue weighted by Gasteiger charge is -2.12. The summed E-state index contributed by atoms with van der Waals surface area (Å²) in [6.07, 6.45) is -4.91. The van der Waals surface area contributed by atoms with E-state index in [9.17, 15) is 28.1 Å². The molecule has 0 fully saturated rings. The summed E-state index contributed by atoms with van der Waals surface area (Å²) in [6.45, 7) is 0. The first-order valence-electron chi connectivity index (χ1n) is 5.86. The summed E-state index contributed by atoms with van der Waals surface area (Å²) < 4.78 is 38.8. The fraction of sp³-hybridized carbons (Fsp3) is 0.0714. The minimum Gasteiger partial charge on any atom is -0.289 e. The molecule has 2 aromatic rings. The Balaban J connectivity index is 2.67. The highest BCUT2D eigenvalue weighted by Crippen LogP contribution is 2.39. The lowest BCUT2D eigenvalue weighted by atomic mass is 10.00. The molecule has 0 unspecified atom stereocenters. The van der Waals surface area contributed by atoms with Crippen molar-refractivity contribution in [2.75, 3.05) is 0 Å². The van der Waals surface area contributed by atoms with Gasteiger partial charge < -0.3 is 0 Å². The van der Waals surface area contributed by atoms with E-state index in [1.54, 1.807) is 6.07 Å². The van der Waals surface area contributed by atoms with E-state index in [1.807, 2.05) is 0 Å². The van der Waals surface area contributed by atoms with Crippen molar-refractivity contribution in [2.45, 2.75) is 6.18 Å². The second-order valence-electron chi connectivity index (χ2n) is 4.30. The smallest absolute Gasteiger partial charge is 0.289 e. The quantitative estimate of drug-likeness (QED) is 0.473. The number of benzene rings is 2. The molecule has 0 spiro atoms. The molecule has 0 aliphatic carbocycles. The third kappa shape index (κ3) is 3.09. The minimum atomic E-state index is -4.91. The predicted octanol–water partition coefficient (Wildman–Crippen LogP) is 4.50. The number of carbonyl (C=O) groups excluding carboxylic acids is 1. The van der Waals surface area contributed by atoms with Crippen LogP contribution in [0.1, 0.15) is 21.5 Å². The third-order valence-electron chi connectivity index (χ3n) is 2.85. The Morgan fingerprint density at radius 3 is 2.23 bits per heavy atom. The number of ketones is 1. The maximum absolute atomic E-state index is 12.9. The van der Waals surface area contributed by atoms with Crippen molar-refractivity contribution in [1.29, 1.82) is 0 Å². The molecule has 0 atom stereocenters. The van der Waals surface area contributed by atoms with Gasteiger partial charge in [0.1, 0.15) is 0 Å². The molecule has 8 heteroatoms. The van der Waals surface area contributed by atoms with Crippen LogP contribution in [0.25, 0.3) is 0 Å². The Kier molecular flexibility index (Phi) is 4.18. The molecular formula is C14H7ClF3NO3. The maximum atomic E-state index is 12.9. The van der Waals surface area contributed by atoms with Gasteiger partial charge in [-0.15, -0.1) is 0 Å². The Morgan fingerprint density at radius 1 is 1.14 bits per heavy atom. The average molecular weight is 330 g/mol. The van der Waals surface area contributed by atoms with E-state index in [0.29, 0.717) is 6.07 Å². The summed E-state index contributed by atoms with van der Waals surface area (Å²) in [4.78, 5) is 22.0. The third-order valence-corrected chi connectivity index (χ3v) is 3.26. The molecule has 0 amide bonds. The molecule has 0 saturated heterocycles. The Labute approximate surface area is 127 Å². The van der Waals surface area contributed by atoms with E-state index in [1.165, 1.54) is 24.3 Å². The van der Waals surface area contributed by atoms with E-state index in [4.69, 9.17) is 11.6 Å². The molecule has 0 bridgehead atoms. The van der Waals surface area contributed by atoms with Crippen molar-refractivity contribution >= 4 is 23.1 Å². The zero-order valence-corrected chi connectivity index (χ0v) is 11.5. The summed E-state index contributed by atoms with van der Waals surface area (Å²) in [7, 11) is 0. The molecule has 0 aliphatic rings. The van der Waals surface area contributed by atoms with Crippen LogP contribution in [0.4, 0.5) is 18.9 Å². The van der Waals surface area contributed by atoms with Crippen LogP contribution in [0, 0.1) is 10.1 Å². The highest BCUT2D eigenvalue weighted by Gasteiger charge is 2.37. The van der Waals surface area contributed by atoms with E-state index < -0.39 is 38.7 Å². The fourth-order valence-corrected chi connectivity index (χ4v) is 2.13. The van der Waals surface area contributed by atoms with Gasteiger partial charge in [-0.2, -0.15) is 13.2 Å². The van der Waals surface area contributed by atoms with Gasteiger partial charge in [0.2, 0.25) is 0 Å². The van der Waals surface area contributed by atoms with Crippen LogP contribution >= 0.6 is 11.6 Å². The Morgan fingerprint density at radius 2 is 1.73 bits per heavy atom. The van der Waals surface area contributed by atoms with Crippen LogP contribution in [0.5, 0.6) is 0 Å². The number of carbonyl (C=O) groups is 1. The van der Waals surface area contributed by atoms with Crippen molar-refractivity contribution in [3.8, 4) is 0 Å². The monoisotopic (exact) mass is 329 g/mol. The van der Waals surface area contributed by atoms with Crippen LogP contribution in [0.2, 0.25) is 5.02 Å². The largest absolute Gasteiger partial charge is 0.418 e. The molecule has 0 saturated carbocycles. The number of rotatable bonds is 3. The van der Waals surface area contributed by atoms with Crippen LogP contribution in [-0.2, 0) is 6.18 Å². The van der Waals surface area contributed by atoms with Crippen LogP contribution in [0.3, 0.4) is 0 Å². The molecule has 0 N–H and O–H groups in total. The second-order valence-corrected chi connectivity index (χ2v) is 4.68. The van der Waals surface area contributed by atoms with E-state index in [-0.39, 0.29) is 5.56 Å². The highest BCUT2D eigenvalue weighted by molar-refractivity contribution is 6.36. The van der Waals surface area contributed by atoms with Gasteiger partial charge in [0.25, 0.3) is 5.69 Å². The first-order valence-corrected chi connectivity index (χ1v) is 6.24. The molecule has 2 rings (SSSR count). The molecular weight excluding hydrogens is 323 g/mol. The van der Waals surface area contributed by atoms with Crippen molar-refractivity contribution in [3.05, 3.63) is 74.3 Å². The molecule has 0 radical (unpaired) electrons. The van der Waals surface area contributed by atoms with Crippen molar-refractivity contribution in [3.63, 3.8) is 0 Å². The van der Waals surface area contributed by atoms with Gasteiger partial charge in [0.15, 0.2) is 5.78 Å². The fourth-order valence-electron chi connectivity index (χ4n) is 1.83. The number of non-ortho nitro benzene ring substituents is 1. The molecule has 2 aromatic carbocycles. The van der Waals surface area contributed by atoms with Gasteiger partial charge in [-0.05, 0) is 0 Å². The molecule has 114 valence electrons. The molecule has 22 heavy (non-hydrogen) atoms. The number of hydrogen-bond donors (Lipinski definition) is 0. The lowest BCUT2D eigenvalue weighted by molar-refractivity contribution is -0.385. The van der Waals surface area contributed by atoms with Gasteiger partial charge in [0.05, 0.1) is 15.5 Å². The van der Waals surface area contributed by atoms with Crippen molar-refractivity contribution < 1.29 is 22.9 Å². The van der Waals surface area contributed by atoms with Gasteiger partial charge in [-0.25, -0.2) is 0 Å². The topological polar surface area (TPSA) is 60.2 Å². The molecule has 4 nitrogen and oxygen atoms in total. The highest BCUT2D eigenvalue weighted by atomic mass is 35.5. The summed E-state index contributed by atoms with van der Waals surface area (Å²) >= 11 is 5.65. The summed E-state index contributed by atoms with van der Waals surface area (Å²) in [6, 6.07) is 8.46. The molecule has 0 aromatic heterocycles. The number of halogens is 4. The number of nitro benzene ring substituents is 1. The normalized spacial score (nSPS) is 11.3. The number of nitrogens with zero attached hydrogens (tertiary/aromatic N) is 1. The zero-order valence-electron chi connectivity index (χ0n) is 10.7. The van der Waals surface area contributed by atoms with E-state index in [0.717, 1.165) is 6.07 Å². The Hall–Kier alpha value is -2.41. The van der Waals surface area contributed by atoms with Crippen LogP contribution in [0.15, 0.2) is 42.5 Å². The molecule has 0 aliphatic heterocycles. The number of alkyl halides is 3. The SMILES string of the molecule is O=C(c1ccccc1)c1cc([N+](=O)[O-])cc(C(F)(F)F)c1Cl. The van der Waals surface area contributed by atoms with Gasteiger partial charge >= 0.3 is 6.18 Å². The van der Waals surface area contributed by atoms with Gasteiger partial charge in [-0.1, -0.05) is 41.9 Å². The number of nitro groups is 1. The number of hydrogen-bond acceptors (Lipinski definition) is 3. The predicted molar refractivity (Wildman–Crippen MR) is 73.0 cm³/mol. The first kappa shape index (κ1) is 16.0. The van der Waals surface area contributed by atoms with Crippen molar-refractivity contribution in [1.82, 2.24) is 0 Å². The summed E-state index contributed by atoms with van der Waals surface area (Å²) in [5, 5.41) is 9.93. The van der Waals surface area contributed by atoms with Crippen LogP contribution < -0.4 is 0 Å². The van der Waals surface area contributed by atoms with Crippen LogP contribution in [-0.4, -0.2) is 10.7 Å². The average Bonchev–Trinajstić information content (AvgIpc) is 2.46. The molecule has 0 heterocycles. The second kappa shape index (κ2) is 5.76. The van der Waals surface area contributed by atoms with Gasteiger partial charge in [-0.3, -0.25) is 14.9 Å². The standard InChI is InChI=1S/C14H7ClF3NO3/c15-12-10(13(20)8-4-2-1-3-5-8)6-9(19(21)22)7-11(12)14(16,17)18/h1-7H. The van der Waals surface area contributed by atoms with E-state index >= 15 is 0 Å².